The highest BCUT2D eigenvalue weighted by atomic mass is 16.5. The van der Waals surface area contributed by atoms with Crippen LogP contribution in [0, 0.1) is 0 Å². The second-order valence-corrected chi connectivity index (χ2v) is 30.8. The van der Waals surface area contributed by atoms with Crippen LogP contribution in [-0.2, 0) is 57.7 Å². The van der Waals surface area contributed by atoms with Gasteiger partial charge in [0.1, 0.15) is 55.4 Å². The number of fused-ring (bicyclic) bond motifs is 3. The summed E-state index contributed by atoms with van der Waals surface area (Å²) in [6.07, 6.45) is 20.0. The molecule has 123 heavy (non-hydrogen) atoms. The first-order valence-corrected chi connectivity index (χ1v) is 43.4. The van der Waals surface area contributed by atoms with E-state index in [2.05, 4.69) is 149 Å². The highest BCUT2D eigenvalue weighted by molar-refractivity contribution is 6.04. The van der Waals surface area contributed by atoms with Crippen LogP contribution in [-0.4, -0.2) is 156 Å². The van der Waals surface area contributed by atoms with Crippen LogP contribution in [0.2, 0.25) is 0 Å². The molecular formula is C103H126N10O10. The van der Waals surface area contributed by atoms with Crippen LogP contribution < -0.4 is 51.4 Å². The molecule has 9 aromatic carbocycles. The summed E-state index contributed by atoms with van der Waals surface area (Å²) in [6.45, 7) is 3.42. The molecule has 12 rings (SSSR count). The van der Waals surface area contributed by atoms with Gasteiger partial charge in [0.05, 0.1) is 16.6 Å². The SMILES string of the molecule is C.O=C(CCCCNC[C@@H](O)COc1cccc2ncccc12)NC(CCCc1ccccc1)CCCc1ccccc1.O=C(CCCNC[C@@H](O)COc1cccc2ncccc12)NC(CCCc1ccccc1)CCCc1ccccc1.O=C(NCCc1ccccc1)C(NC[C@@H](O)COc1cccc2ncccc12)C(=O)NCCc1ccccc1. The van der Waals surface area contributed by atoms with E-state index in [0.717, 1.165) is 152 Å². The first-order valence-electron chi connectivity index (χ1n) is 43.4. The van der Waals surface area contributed by atoms with Gasteiger partial charge in [0.25, 0.3) is 0 Å². The molecule has 0 aliphatic rings. The third-order valence-electron chi connectivity index (χ3n) is 21.0. The Balaban J connectivity index is 0.000000209. The molecule has 3 aromatic heterocycles. The van der Waals surface area contributed by atoms with Crippen LogP contribution >= 0.6 is 0 Å². The van der Waals surface area contributed by atoms with Gasteiger partial charge in [0.2, 0.25) is 23.6 Å². The number of aryl methyl sites for hydroxylation is 4. The van der Waals surface area contributed by atoms with Crippen molar-refractivity contribution in [3.63, 3.8) is 0 Å². The lowest BCUT2D eigenvalue weighted by molar-refractivity contribution is -0.132. The average molecular weight is 1660 g/mol. The van der Waals surface area contributed by atoms with E-state index in [-0.39, 0.29) is 57.7 Å². The quantitative estimate of drug-likeness (QED) is 0.0125. The summed E-state index contributed by atoms with van der Waals surface area (Å²) in [6, 6.07) is 89.5. The molecule has 0 aliphatic heterocycles. The number of carbonyl (C=O) groups excluding carboxylic acids is 4. The van der Waals surface area contributed by atoms with E-state index in [1.165, 1.54) is 22.3 Å². The Labute approximate surface area is 726 Å². The first kappa shape index (κ1) is 95.1. The smallest absolute Gasteiger partial charge is 0.246 e. The molecule has 0 aliphatic carbocycles. The molecular weight excluding hydrogens is 1540 g/mol. The minimum Gasteiger partial charge on any atom is -0.490 e. The highest BCUT2D eigenvalue weighted by Crippen LogP contribution is 2.27. The molecule has 20 nitrogen and oxygen atoms in total. The molecule has 0 saturated heterocycles. The van der Waals surface area contributed by atoms with Crippen molar-refractivity contribution < 1.29 is 48.7 Å². The largest absolute Gasteiger partial charge is 0.490 e. The molecule has 4 amide bonds. The zero-order valence-electron chi connectivity index (χ0n) is 70.2. The number of benzene rings is 9. The van der Waals surface area contributed by atoms with Gasteiger partial charge in [-0.3, -0.25) is 39.4 Å². The van der Waals surface area contributed by atoms with Crippen LogP contribution in [0.4, 0.5) is 0 Å². The van der Waals surface area contributed by atoms with E-state index >= 15 is 0 Å². The van der Waals surface area contributed by atoms with Gasteiger partial charge >= 0.3 is 0 Å². The predicted octanol–water partition coefficient (Wildman–Crippen LogP) is 15.4. The number of rotatable bonds is 51. The van der Waals surface area contributed by atoms with Crippen LogP contribution in [0.5, 0.6) is 17.2 Å². The normalized spacial score (nSPS) is 11.8. The van der Waals surface area contributed by atoms with Gasteiger partial charge < -0.3 is 61.4 Å². The van der Waals surface area contributed by atoms with Gasteiger partial charge in [-0.1, -0.05) is 208 Å². The summed E-state index contributed by atoms with van der Waals surface area (Å²) in [5.74, 6) is 1.39. The van der Waals surface area contributed by atoms with Crippen molar-refractivity contribution in [3.8, 4) is 17.2 Å². The number of nitrogens with one attached hydrogen (secondary N) is 7. The average Bonchev–Trinajstić information content (AvgIpc) is 0.837. The third kappa shape index (κ3) is 36.5. The van der Waals surface area contributed by atoms with E-state index in [1.807, 2.05) is 176 Å². The molecule has 0 saturated carbocycles. The van der Waals surface area contributed by atoms with Crippen LogP contribution in [0.3, 0.4) is 0 Å². The molecule has 0 radical (unpaired) electrons. The summed E-state index contributed by atoms with van der Waals surface area (Å²) in [5.41, 5.74) is 10.1. The van der Waals surface area contributed by atoms with Crippen molar-refractivity contribution in [2.45, 2.75) is 166 Å². The standard InChI is InChI=1S/C36H45N3O3.C35H43N3O3.C31H34N4O4.CH4/c40-32(28-42-35-23-11-22-34-33(35)21-12-26-38-34)27-37-25-8-7-24-36(41)39-31(19-9-17-29-13-3-1-4-14-29)20-10-18-30-15-5-2-6-16-30;39-31(27-41-34-22-9-21-33-32(34)20-10-25-37-33)26-36-24-11-23-35(40)38-30(18-7-16-28-12-3-1-4-13-28)19-8-17-29-14-5-2-6-15-29;36-25(22-39-28-15-7-14-27-26(28)13-8-18-32-27)21-35-29(30(37)33-19-16-23-9-3-1-4-10-23)31(38)34-20-17-24-11-5-2-6-12-24;/h1-6,11-16,21-23,26,31-32,37,40H,7-10,17-20,24-25,27-28H2,(H,39,41);1-6,9-10,12-15,20-22,25,30-31,36,39H,7-8,11,16-19,23-24,26-27H2,(H,38,40);1-15,18,25,29,35-36H,16-17,19-22H2,(H,33,37)(H,34,38);1H4/t32-;31-;25-;/m111./s1. The summed E-state index contributed by atoms with van der Waals surface area (Å²) in [4.78, 5) is 64.5. The van der Waals surface area contributed by atoms with E-state index < -0.39 is 36.2 Å². The number of nitrogens with zero attached hydrogens (tertiary/aromatic N) is 3. The molecule has 0 spiro atoms. The summed E-state index contributed by atoms with van der Waals surface area (Å²) in [5, 5.41) is 55.8. The molecule has 648 valence electrons. The Hall–Kier alpha value is -11.8. The number of amides is 4. The topological polar surface area (TPSA) is 280 Å². The summed E-state index contributed by atoms with van der Waals surface area (Å²) >= 11 is 0. The zero-order valence-corrected chi connectivity index (χ0v) is 70.2. The van der Waals surface area contributed by atoms with E-state index in [4.69, 9.17) is 14.2 Å². The zero-order chi connectivity index (χ0) is 85.1. The van der Waals surface area contributed by atoms with Gasteiger partial charge in [-0.15, -0.1) is 0 Å². The van der Waals surface area contributed by atoms with Crippen molar-refractivity contribution >= 4 is 56.3 Å². The summed E-state index contributed by atoms with van der Waals surface area (Å²) < 4.78 is 17.5. The Morgan fingerprint density at radius 3 is 0.943 bits per heavy atom. The van der Waals surface area contributed by atoms with Crippen molar-refractivity contribution in [2.24, 2.45) is 0 Å². The lowest BCUT2D eigenvalue weighted by Crippen LogP contribution is -2.55. The molecule has 20 heteroatoms. The Morgan fingerprint density at radius 1 is 0.309 bits per heavy atom. The number of hydrogen-bond acceptors (Lipinski definition) is 16. The molecule has 0 fully saturated rings. The minimum atomic E-state index is -1.16. The Morgan fingerprint density at radius 2 is 0.610 bits per heavy atom. The fourth-order valence-electron chi connectivity index (χ4n) is 14.5. The maximum atomic E-state index is 13.0. The lowest BCUT2D eigenvalue weighted by Gasteiger charge is -2.20. The van der Waals surface area contributed by atoms with Gasteiger partial charge in [0.15, 0.2) is 6.04 Å². The number of ether oxygens (including phenoxy) is 3. The second-order valence-electron chi connectivity index (χ2n) is 30.8. The van der Waals surface area contributed by atoms with Crippen molar-refractivity contribution in [1.29, 1.82) is 0 Å². The van der Waals surface area contributed by atoms with Crippen LogP contribution in [0.1, 0.15) is 124 Å². The first-order chi connectivity index (χ1) is 59.9. The van der Waals surface area contributed by atoms with E-state index in [9.17, 15) is 34.5 Å². The second kappa shape index (κ2) is 56.0. The fraction of sp³-hybridized carbons (Fsp3) is 0.350. The molecule has 3 atom stereocenters. The molecule has 0 unspecified atom stereocenters. The van der Waals surface area contributed by atoms with Crippen molar-refractivity contribution in [1.82, 2.24) is 52.2 Å². The predicted molar refractivity (Wildman–Crippen MR) is 495 cm³/mol. The number of hydrogen-bond donors (Lipinski definition) is 10. The molecule has 3 heterocycles. The number of aliphatic hydroxyl groups is 3. The third-order valence-corrected chi connectivity index (χ3v) is 21.0. The van der Waals surface area contributed by atoms with E-state index in [1.54, 1.807) is 18.6 Å². The molecule has 10 N–H and O–H groups in total. The number of aromatic nitrogens is 3. The summed E-state index contributed by atoms with van der Waals surface area (Å²) in [7, 11) is 0. The monoisotopic (exact) mass is 1660 g/mol. The van der Waals surface area contributed by atoms with Crippen LogP contribution in [0.15, 0.2) is 292 Å². The number of unbranched alkanes of at least 4 members (excludes halogenated alkanes) is 1. The van der Waals surface area contributed by atoms with Gasteiger partial charge in [0, 0.05) is 92.4 Å². The van der Waals surface area contributed by atoms with Gasteiger partial charge in [-0.2, -0.15) is 0 Å². The maximum Gasteiger partial charge on any atom is 0.246 e. The van der Waals surface area contributed by atoms with Crippen molar-refractivity contribution in [2.75, 3.05) is 65.6 Å². The van der Waals surface area contributed by atoms with Crippen LogP contribution in [0.25, 0.3) is 32.7 Å². The number of carbonyl (C=O) groups is 4. The van der Waals surface area contributed by atoms with Gasteiger partial charge in [-0.05, 0) is 228 Å². The Kier molecular flexibility index (Phi) is 43.3. The minimum absolute atomic E-state index is 0. The molecule has 12 aromatic rings. The lowest BCUT2D eigenvalue weighted by atomic mass is 9.99. The number of pyridine rings is 3. The van der Waals surface area contributed by atoms with Gasteiger partial charge in [-0.25, -0.2) is 0 Å². The highest BCUT2D eigenvalue weighted by Gasteiger charge is 2.27. The molecule has 0 bridgehead atoms. The fourth-order valence-corrected chi connectivity index (χ4v) is 14.5. The maximum absolute atomic E-state index is 13.0. The number of aliphatic hydroxyl groups excluding tert-OH is 3. The Bertz CT molecular complexity index is 4770. The van der Waals surface area contributed by atoms with Crippen molar-refractivity contribution in [3.05, 3.63) is 325 Å². The van der Waals surface area contributed by atoms with E-state index in [0.29, 0.717) is 69.9 Å².